The van der Waals surface area contributed by atoms with Crippen LogP contribution in [0.3, 0.4) is 0 Å². The van der Waals surface area contributed by atoms with Gasteiger partial charge < -0.3 is 0 Å². The van der Waals surface area contributed by atoms with Gasteiger partial charge in [-0.3, -0.25) is 0 Å². The molecule has 0 amide bonds. The number of pyridine rings is 2. The van der Waals surface area contributed by atoms with Crippen LogP contribution >= 0.6 is 11.3 Å². The van der Waals surface area contributed by atoms with Gasteiger partial charge in [0.2, 0.25) is 11.4 Å². The fourth-order valence-corrected chi connectivity index (χ4v) is 8.19. The average molecular weight is 495 g/mol. The molecule has 0 fully saturated rings. The summed E-state index contributed by atoms with van der Waals surface area (Å²) in [5.74, 6) is 0.272. The summed E-state index contributed by atoms with van der Waals surface area (Å²) in [4.78, 5) is 0. The molecular formula is C34H26N2S+2. The van der Waals surface area contributed by atoms with E-state index in [1.165, 1.54) is 53.8 Å². The van der Waals surface area contributed by atoms with Gasteiger partial charge in [-0.2, -0.15) is 9.13 Å². The van der Waals surface area contributed by atoms with Crippen molar-refractivity contribution in [3.63, 3.8) is 0 Å². The second kappa shape index (κ2) is 7.96. The lowest BCUT2D eigenvalue weighted by atomic mass is 9.75. The predicted octanol–water partition coefficient (Wildman–Crippen LogP) is 7.78. The number of hydrogen-bond acceptors (Lipinski definition) is 1. The maximum absolute atomic E-state index is 4.18. The first-order valence-electron chi connectivity index (χ1n) is 13.0. The molecule has 176 valence electrons. The summed E-state index contributed by atoms with van der Waals surface area (Å²) in [7, 11) is 0. The highest BCUT2D eigenvalue weighted by atomic mass is 32.1. The van der Waals surface area contributed by atoms with Crippen LogP contribution in [0.15, 0.2) is 122 Å². The first kappa shape index (κ1) is 21.0. The highest BCUT2D eigenvalue weighted by Crippen LogP contribution is 2.52. The third-order valence-electron chi connectivity index (χ3n) is 8.35. The lowest BCUT2D eigenvalue weighted by Gasteiger charge is -2.31. The minimum atomic E-state index is 0.202. The molecule has 2 aliphatic heterocycles. The molecule has 2 aliphatic rings. The van der Waals surface area contributed by atoms with Gasteiger partial charge in [0, 0.05) is 56.4 Å². The van der Waals surface area contributed by atoms with Crippen molar-refractivity contribution >= 4 is 31.5 Å². The van der Waals surface area contributed by atoms with Crippen LogP contribution in [0.1, 0.15) is 35.5 Å². The number of benzene rings is 3. The third-order valence-corrected chi connectivity index (χ3v) is 9.55. The summed E-state index contributed by atoms with van der Waals surface area (Å²) in [5.41, 5.74) is 8.21. The summed E-state index contributed by atoms with van der Waals surface area (Å²) >= 11 is 1.93. The van der Waals surface area contributed by atoms with Gasteiger partial charge in [0.15, 0.2) is 24.5 Å². The Morgan fingerprint density at radius 2 is 1.46 bits per heavy atom. The molecule has 0 bridgehead atoms. The topological polar surface area (TPSA) is 7.76 Å². The molecule has 0 N–H and O–H groups in total. The fraction of sp³-hybridized carbons (Fsp3) is 0.118. The van der Waals surface area contributed by atoms with E-state index in [0.717, 1.165) is 6.42 Å². The van der Waals surface area contributed by atoms with Crippen LogP contribution in [0.25, 0.3) is 42.7 Å². The number of fused-ring (bicyclic) bond motifs is 10. The predicted molar refractivity (Wildman–Crippen MR) is 152 cm³/mol. The molecule has 3 heteroatoms. The molecule has 3 unspecified atom stereocenters. The Hall–Kier alpha value is -4.08. The molecule has 3 aromatic heterocycles. The van der Waals surface area contributed by atoms with Crippen LogP contribution in [-0.2, 0) is 0 Å². The molecule has 0 spiro atoms. The zero-order valence-corrected chi connectivity index (χ0v) is 21.2. The van der Waals surface area contributed by atoms with Crippen molar-refractivity contribution < 1.29 is 9.13 Å². The molecule has 0 saturated heterocycles. The van der Waals surface area contributed by atoms with Crippen LogP contribution in [0.2, 0.25) is 0 Å². The maximum atomic E-state index is 4.18. The molecule has 2 nitrogen and oxygen atoms in total. The number of allylic oxidation sites excluding steroid dienone is 1. The average Bonchev–Trinajstić information content (AvgIpc) is 3.49. The summed E-state index contributed by atoms with van der Waals surface area (Å²) in [5, 5.41) is 2.72. The zero-order valence-electron chi connectivity index (χ0n) is 20.4. The minimum Gasteiger partial charge on any atom is -0.194 e. The molecule has 6 aromatic rings. The molecule has 0 saturated carbocycles. The molecular weight excluding hydrogens is 468 g/mol. The molecule has 3 atom stereocenters. The van der Waals surface area contributed by atoms with Crippen molar-refractivity contribution in [2.75, 3.05) is 0 Å². The van der Waals surface area contributed by atoms with E-state index in [1.54, 1.807) is 0 Å². The SMILES string of the molecule is C=CCC1C(C2c3ccc4c(sc5ccccc54)c3-c3cccc[n+]32)c2ccccc2-c2cccc[n+]21. The Morgan fingerprint density at radius 3 is 2.35 bits per heavy atom. The van der Waals surface area contributed by atoms with Gasteiger partial charge in [-0.15, -0.1) is 17.9 Å². The molecule has 37 heavy (non-hydrogen) atoms. The Labute approximate surface area is 220 Å². The van der Waals surface area contributed by atoms with Crippen molar-refractivity contribution in [1.82, 2.24) is 0 Å². The number of thiophene rings is 1. The van der Waals surface area contributed by atoms with Crippen LogP contribution < -0.4 is 9.13 Å². The number of rotatable bonds is 3. The van der Waals surface area contributed by atoms with Crippen molar-refractivity contribution in [2.45, 2.75) is 24.4 Å². The zero-order chi connectivity index (χ0) is 24.5. The van der Waals surface area contributed by atoms with E-state index < -0.39 is 0 Å². The lowest BCUT2D eigenvalue weighted by molar-refractivity contribution is -0.746. The van der Waals surface area contributed by atoms with Crippen LogP contribution in [0, 0.1) is 0 Å². The van der Waals surface area contributed by atoms with Crippen molar-refractivity contribution in [3.05, 3.63) is 133 Å². The van der Waals surface area contributed by atoms with E-state index in [1.807, 2.05) is 11.3 Å². The third kappa shape index (κ3) is 2.86. The summed E-state index contributed by atoms with van der Waals surface area (Å²) < 4.78 is 7.79. The second-order valence-electron chi connectivity index (χ2n) is 10.1. The highest BCUT2D eigenvalue weighted by molar-refractivity contribution is 7.26. The molecule has 0 aliphatic carbocycles. The van der Waals surface area contributed by atoms with Crippen LogP contribution in [0.5, 0.6) is 0 Å². The van der Waals surface area contributed by atoms with E-state index in [0.29, 0.717) is 0 Å². The van der Waals surface area contributed by atoms with Gasteiger partial charge >= 0.3 is 0 Å². The summed E-state index contributed by atoms with van der Waals surface area (Å²) in [6, 6.07) is 36.3. The number of nitrogens with zero attached hydrogens (tertiary/aromatic N) is 2. The Bertz CT molecular complexity index is 1860. The summed E-state index contributed by atoms with van der Waals surface area (Å²) in [6.45, 7) is 4.18. The first-order chi connectivity index (χ1) is 18.3. The largest absolute Gasteiger partial charge is 0.215 e. The Kier molecular flexibility index (Phi) is 4.53. The van der Waals surface area contributed by atoms with E-state index in [-0.39, 0.29) is 18.0 Å². The van der Waals surface area contributed by atoms with Crippen LogP contribution in [-0.4, -0.2) is 0 Å². The van der Waals surface area contributed by atoms with Gasteiger partial charge in [0.25, 0.3) is 0 Å². The summed E-state index contributed by atoms with van der Waals surface area (Å²) in [6.07, 6.45) is 7.56. The Balaban J connectivity index is 1.44. The van der Waals surface area contributed by atoms with Crippen molar-refractivity contribution in [3.8, 4) is 22.5 Å². The van der Waals surface area contributed by atoms with Gasteiger partial charge in [0.1, 0.15) is 5.92 Å². The minimum absolute atomic E-state index is 0.202. The van der Waals surface area contributed by atoms with Crippen molar-refractivity contribution in [1.29, 1.82) is 0 Å². The molecule has 3 aromatic carbocycles. The molecule has 5 heterocycles. The normalized spacial score (nSPS) is 19.3. The number of aromatic nitrogens is 2. The lowest BCUT2D eigenvalue weighted by Crippen LogP contribution is -2.52. The van der Waals surface area contributed by atoms with Gasteiger partial charge in [-0.05, 0) is 29.8 Å². The quantitative estimate of drug-likeness (QED) is 0.175. The first-order valence-corrected chi connectivity index (χ1v) is 13.8. The smallest absolute Gasteiger partial charge is 0.194 e. The second-order valence-corrected chi connectivity index (χ2v) is 11.2. The van der Waals surface area contributed by atoms with Crippen LogP contribution in [0.4, 0.5) is 0 Å². The van der Waals surface area contributed by atoms with Gasteiger partial charge in [-0.25, -0.2) is 0 Å². The standard InChI is InChI=1S/C34H26N2S/c1-2-11-28-31(24-14-4-3-12-22(24)27-15-7-9-20-35(27)28)33-26-19-18-25-23-13-5-6-17-30(23)37-34(25)32(26)29-16-8-10-21-36(29)33/h2-10,12-21,28,31,33H,1,11H2/q+2. The van der Waals surface area contributed by atoms with Gasteiger partial charge in [-0.1, -0.05) is 54.6 Å². The Morgan fingerprint density at radius 1 is 0.703 bits per heavy atom. The highest BCUT2D eigenvalue weighted by Gasteiger charge is 2.52. The van der Waals surface area contributed by atoms with E-state index >= 15 is 0 Å². The van der Waals surface area contributed by atoms with E-state index in [2.05, 4.69) is 131 Å². The maximum Gasteiger partial charge on any atom is 0.215 e. The van der Waals surface area contributed by atoms with E-state index in [4.69, 9.17) is 0 Å². The van der Waals surface area contributed by atoms with Gasteiger partial charge in [0.05, 0.1) is 11.1 Å². The fourth-order valence-electron chi connectivity index (χ4n) is 6.93. The van der Waals surface area contributed by atoms with Crippen molar-refractivity contribution in [2.24, 2.45) is 0 Å². The molecule has 0 radical (unpaired) electrons. The monoisotopic (exact) mass is 494 g/mol. The number of hydrogen-bond donors (Lipinski definition) is 0. The van der Waals surface area contributed by atoms with E-state index in [9.17, 15) is 0 Å². The molecule has 8 rings (SSSR count).